The monoisotopic (exact) mass is 249 g/mol. The zero-order valence-corrected chi connectivity index (χ0v) is 9.95. The normalized spacial score (nSPS) is 10.9. The Morgan fingerprint density at radius 3 is 2.88 bits per heavy atom. The third-order valence-electron chi connectivity index (χ3n) is 1.97. The van der Waals surface area contributed by atoms with Crippen molar-refractivity contribution in [1.29, 1.82) is 0 Å². The van der Waals surface area contributed by atoms with E-state index in [1.165, 1.54) is 17.6 Å². The lowest BCUT2D eigenvalue weighted by Gasteiger charge is -1.94. The standard InChI is InChI=1S/C11H11N3O2S/c1-7-2-4-9(17-7)11(15)14-13-6-8-3-5-10(12)16-8/h2-6H,12H2,1H3,(H,14,15)/b13-6+. The van der Waals surface area contributed by atoms with Crippen LogP contribution in [0.2, 0.25) is 0 Å². The van der Waals surface area contributed by atoms with E-state index in [1.54, 1.807) is 18.2 Å². The number of nitrogen functional groups attached to an aromatic ring is 1. The van der Waals surface area contributed by atoms with E-state index in [0.29, 0.717) is 16.5 Å². The van der Waals surface area contributed by atoms with Crippen molar-refractivity contribution in [3.05, 3.63) is 39.8 Å². The van der Waals surface area contributed by atoms with Crippen LogP contribution in [0.1, 0.15) is 20.3 Å². The molecule has 0 fully saturated rings. The molecule has 6 heteroatoms. The Morgan fingerprint density at radius 2 is 2.29 bits per heavy atom. The summed E-state index contributed by atoms with van der Waals surface area (Å²) < 4.78 is 5.05. The predicted octanol–water partition coefficient (Wildman–Crippen LogP) is 2.00. The van der Waals surface area contributed by atoms with Gasteiger partial charge < -0.3 is 10.2 Å². The third-order valence-corrected chi connectivity index (χ3v) is 2.97. The lowest BCUT2D eigenvalue weighted by Crippen LogP contribution is -2.15. The predicted molar refractivity (Wildman–Crippen MR) is 67.2 cm³/mol. The molecule has 0 saturated carbocycles. The highest BCUT2D eigenvalue weighted by molar-refractivity contribution is 7.13. The van der Waals surface area contributed by atoms with Gasteiger partial charge in [-0.1, -0.05) is 0 Å². The summed E-state index contributed by atoms with van der Waals surface area (Å²) >= 11 is 1.42. The lowest BCUT2D eigenvalue weighted by molar-refractivity contribution is 0.0959. The minimum absolute atomic E-state index is 0.237. The number of thiophene rings is 1. The van der Waals surface area contributed by atoms with Crippen LogP contribution in [-0.4, -0.2) is 12.1 Å². The van der Waals surface area contributed by atoms with E-state index in [2.05, 4.69) is 10.5 Å². The fourth-order valence-electron chi connectivity index (χ4n) is 1.20. The van der Waals surface area contributed by atoms with Crippen LogP contribution in [0.15, 0.2) is 33.8 Å². The third kappa shape index (κ3) is 2.94. The number of nitrogens with one attached hydrogen (secondary N) is 1. The van der Waals surface area contributed by atoms with Gasteiger partial charge in [-0.3, -0.25) is 4.79 Å². The number of carbonyl (C=O) groups is 1. The smallest absolute Gasteiger partial charge is 0.281 e. The highest BCUT2D eigenvalue weighted by atomic mass is 32.1. The summed E-state index contributed by atoms with van der Waals surface area (Å²) in [5, 5.41) is 3.77. The second-order valence-corrected chi connectivity index (χ2v) is 4.64. The molecule has 0 aliphatic rings. The molecule has 0 bridgehead atoms. The Hall–Kier alpha value is -2.08. The number of nitrogens with zero attached hydrogens (tertiary/aromatic N) is 1. The van der Waals surface area contributed by atoms with Crippen LogP contribution in [0, 0.1) is 6.92 Å². The first-order chi connectivity index (χ1) is 8.15. The second-order valence-electron chi connectivity index (χ2n) is 3.35. The van der Waals surface area contributed by atoms with Gasteiger partial charge in [-0.05, 0) is 25.1 Å². The van der Waals surface area contributed by atoms with E-state index in [1.807, 2.05) is 13.0 Å². The summed E-state index contributed by atoms with van der Waals surface area (Å²) in [5.41, 5.74) is 7.80. The average Bonchev–Trinajstić information content (AvgIpc) is 2.88. The minimum atomic E-state index is -0.237. The second kappa shape index (κ2) is 4.84. The van der Waals surface area contributed by atoms with Crippen LogP contribution in [-0.2, 0) is 0 Å². The summed E-state index contributed by atoms with van der Waals surface area (Å²) in [6, 6.07) is 6.93. The molecule has 0 saturated heterocycles. The van der Waals surface area contributed by atoms with E-state index in [-0.39, 0.29) is 5.91 Å². The summed E-state index contributed by atoms with van der Waals surface area (Å²) in [7, 11) is 0. The van der Waals surface area contributed by atoms with E-state index >= 15 is 0 Å². The largest absolute Gasteiger partial charge is 0.440 e. The van der Waals surface area contributed by atoms with Gasteiger partial charge in [0.25, 0.3) is 5.91 Å². The van der Waals surface area contributed by atoms with Gasteiger partial charge in [-0.2, -0.15) is 5.10 Å². The molecule has 0 aliphatic carbocycles. The average molecular weight is 249 g/mol. The van der Waals surface area contributed by atoms with Crippen molar-refractivity contribution in [2.45, 2.75) is 6.92 Å². The van der Waals surface area contributed by atoms with Gasteiger partial charge in [0.1, 0.15) is 5.76 Å². The highest BCUT2D eigenvalue weighted by Crippen LogP contribution is 2.14. The van der Waals surface area contributed by atoms with Crippen LogP contribution in [0.25, 0.3) is 0 Å². The maximum atomic E-state index is 11.6. The topological polar surface area (TPSA) is 80.6 Å². The number of amides is 1. The van der Waals surface area contributed by atoms with Gasteiger partial charge in [-0.15, -0.1) is 11.3 Å². The molecular weight excluding hydrogens is 238 g/mol. The Balaban J connectivity index is 1.94. The van der Waals surface area contributed by atoms with Gasteiger partial charge >= 0.3 is 0 Å². The molecular formula is C11H11N3O2S. The number of furan rings is 1. The molecule has 2 aromatic rings. The van der Waals surface area contributed by atoms with Crippen molar-refractivity contribution in [2.75, 3.05) is 5.73 Å². The molecule has 2 aromatic heterocycles. The molecule has 17 heavy (non-hydrogen) atoms. The van der Waals surface area contributed by atoms with E-state index < -0.39 is 0 Å². The molecule has 0 unspecified atom stereocenters. The van der Waals surface area contributed by atoms with Gasteiger partial charge in [0, 0.05) is 10.9 Å². The number of carbonyl (C=O) groups excluding carboxylic acids is 1. The molecule has 5 nitrogen and oxygen atoms in total. The quantitative estimate of drug-likeness (QED) is 0.644. The molecule has 2 rings (SSSR count). The highest BCUT2D eigenvalue weighted by Gasteiger charge is 2.06. The maximum absolute atomic E-state index is 11.6. The Bertz CT molecular complexity index is 557. The maximum Gasteiger partial charge on any atom is 0.281 e. The molecule has 0 aliphatic heterocycles. The molecule has 2 heterocycles. The number of hydrogen-bond acceptors (Lipinski definition) is 5. The molecule has 0 radical (unpaired) electrons. The molecule has 88 valence electrons. The van der Waals surface area contributed by atoms with Crippen LogP contribution in [0.3, 0.4) is 0 Å². The van der Waals surface area contributed by atoms with E-state index in [9.17, 15) is 4.79 Å². The van der Waals surface area contributed by atoms with Gasteiger partial charge in [0.15, 0.2) is 5.88 Å². The van der Waals surface area contributed by atoms with Crippen LogP contribution >= 0.6 is 11.3 Å². The first-order valence-corrected chi connectivity index (χ1v) is 5.72. The van der Waals surface area contributed by atoms with Gasteiger partial charge in [0.2, 0.25) is 0 Å². The van der Waals surface area contributed by atoms with E-state index in [0.717, 1.165) is 4.88 Å². The number of aryl methyl sites for hydroxylation is 1. The zero-order valence-electron chi connectivity index (χ0n) is 9.14. The Kier molecular flexibility index (Phi) is 3.24. The van der Waals surface area contributed by atoms with Crippen molar-refractivity contribution >= 4 is 29.3 Å². The molecule has 3 N–H and O–H groups in total. The van der Waals surface area contributed by atoms with Crippen molar-refractivity contribution in [1.82, 2.24) is 5.43 Å². The number of anilines is 1. The summed E-state index contributed by atoms with van der Waals surface area (Å²) in [5.74, 6) is 0.565. The van der Waals surface area contributed by atoms with Crippen molar-refractivity contribution in [2.24, 2.45) is 5.10 Å². The lowest BCUT2D eigenvalue weighted by atomic mass is 10.4. The van der Waals surface area contributed by atoms with Crippen molar-refractivity contribution < 1.29 is 9.21 Å². The van der Waals surface area contributed by atoms with Crippen molar-refractivity contribution in [3.63, 3.8) is 0 Å². The first kappa shape index (κ1) is 11.4. The number of nitrogens with two attached hydrogens (primary N) is 1. The van der Waals surface area contributed by atoms with E-state index in [4.69, 9.17) is 10.2 Å². The Labute approximate surface area is 102 Å². The van der Waals surface area contributed by atoms with Crippen LogP contribution < -0.4 is 11.2 Å². The number of hydrogen-bond donors (Lipinski definition) is 2. The van der Waals surface area contributed by atoms with Crippen LogP contribution in [0.4, 0.5) is 5.88 Å². The molecule has 0 atom stereocenters. The van der Waals surface area contributed by atoms with Gasteiger partial charge in [0.05, 0.1) is 11.1 Å². The zero-order chi connectivity index (χ0) is 12.3. The molecule has 0 spiro atoms. The number of rotatable bonds is 3. The molecule has 1 amide bonds. The molecule has 0 aromatic carbocycles. The summed E-state index contributed by atoms with van der Waals surface area (Å²) in [6.45, 7) is 1.94. The first-order valence-electron chi connectivity index (χ1n) is 4.90. The fraction of sp³-hybridized carbons (Fsp3) is 0.0909. The SMILES string of the molecule is Cc1ccc(C(=O)N/N=C/c2ccc(N)o2)s1. The number of hydrazone groups is 1. The van der Waals surface area contributed by atoms with Crippen LogP contribution in [0.5, 0.6) is 0 Å². The summed E-state index contributed by atoms with van der Waals surface area (Å²) in [4.78, 5) is 13.3. The fourth-order valence-corrected chi connectivity index (χ4v) is 1.96. The Morgan fingerprint density at radius 1 is 1.47 bits per heavy atom. The van der Waals surface area contributed by atoms with Gasteiger partial charge in [-0.25, -0.2) is 5.43 Å². The minimum Gasteiger partial charge on any atom is -0.440 e. The van der Waals surface area contributed by atoms with Crippen molar-refractivity contribution in [3.8, 4) is 0 Å². The summed E-state index contributed by atoms with van der Waals surface area (Å²) in [6.07, 6.45) is 1.40.